The summed E-state index contributed by atoms with van der Waals surface area (Å²) >= 11 is 0. The summed E-state index contributed by atoms with van der Waals surface area (Å²) in [5, 5.41) is 8.17. The lowest BCUT2D eigenvalue weighted by atomic mass is 9.76. The molecule has 0 amide bonds. The largest absolute Gasteiger partial charge is 0.466 e. The van der Waals surface area contributed by atoms with Crippen molar-refractivity contribution in [1.29, 1.82) is 0 Å². The van der Waals surface area contributed by atoms with Crippen molar-refractivity contribution in [2.45, 2.75) is 70.6 Å². The van der Waals surface area contributed by atoms with Gasteiger partial charge in [-0.15, -0.1) is 0 Å². The molecule has 1 saturated carbocycles. The molecule has 1 aliphatic heterocycles. The Morgan fingerprint density at radius 3 is 2.68 bits per heavy atom. The molecule has 12 heteroatoms. The third-order valence-corrected chi connectivity index (χ3v) is 12.2. The smallest absolute Gasteiger partial charge is 0.306 e. The van der Waals surface area contributed by atoms with Gasteiger partial charge in [0, 0.05) is 35.2 Å². The number of rotatable bonds is 5. The monoisotopic (exact) mass is 702 g/mol. The minimum Gasteiger partial charge on any atom is -0.466 e. The maximum absolute atomic E-state index is 15.6. The maximum Gasteiger partial charge on any atom is 0.306 e. The first kappa shape index (κ1) is 33.9. The zero-order valence-corrected chi connectivity index (χ0v) is 29.0. The van der Waals surface area contributed by atoms with Crippen LogP contribution in [0.15, 0.2) is 60.8 Å². The zero-order chi connectivity index (χ0) is 35.1. The molecule has 1 atom stereocenters. The van der Waals surface area contributed by atoms with E-state index in [1.54, 1.807) is 19.2 Å². The van der Waals surface area contributed by atoms with E-state index in [0.29, 0.717) is 54.6 Å². The first-order valence-corrected chi connectivity index (χ1v) is 18.9. The molecule has 7 rings (SSSR count). The highest BCUT2D eigenvalue weighted by atomic mass is 32.2. The summed E-state index contributed by atoms with van der Waals surface area (Å²) in [6.45, 7) is 4.15. The summed E-state index contributed by atoms with van der Waals surface area (Å²) in [5.74, 6) is -0.894. The van der Waals surface area contributed by atoms with E-state index in [4.69, 9.17) is 14.5 Å². The Morgan fingerprint density at radius 2 is 1.88 bits per heavy atom. The van der Waals surface area contributed by atoms with Gasteiger partial charge in [-0.25, -0.2) is 22.2 Å². The lowest BCUT2D eigenvalue weighted by Gasteiger charge is -2.29. The number of nitrogens with zero attached hydrogens (tertiary/aromatic N) is 2. The van der Waals surface area contributed by atoms with Crippen LogP contribution >= 0.6 is 0 Å². The second-order valence-corrected chi connectivity index (χ2v) is 16.1. The van der Waals surface area contributed by atoms with Gasteiger partial charge < -0.3 is 14.5 Å². The molecular weight excluding hydrogens is 663 g/mol. The van der Waals surface area contributed by atoms with Crippen LogP contribution < -0.4 is 4.74 Å². The van der Waals surface area contributed by atoms with Crippen molar-refractivity contribution in [2.24, 2.45) is 5.41 Å². The molecule has 1 fully saturated rings. The number of benzene rings is 3. The summed E-state index contributed by atoms with van der Waals surface area (Å²) in [6.07, 6.45) is 6.17. The van der Waals surface area contributed by atoms with Crippen LogP contribution in [0.25, 0.3) is 22.3 Å². The molecule has 3 heterocycles. The predicted molar refractivity (Wildman–Crippen MR) is 186 cm³/mol. The second-order valence-electron chi connectivity index (χ2n) is 13.9. The van der Waals surface area contributed by atoms with Crippen LogP contribution in [-0.2, 0) is 37.6 Å². The molecule has 2 aromatic heterocycles. The van der Waals surface area contributed by atoms with E-state index in [1.807, 2.05) is 31.2 Å². The molecule has 1 aliphatic carbocycles. The number of hydrogen-bond acceptors (Lipinski definition) is 7. The van der Waals surface area contributed by atoms with Gasteiger partial charge in [-0.05, 0) is 93.2 Å². The highest BCUT2D eigenvalue weighted by Crippen LogP contribution is 2.52. The summed E-state index contributed by atoms with van der Waals surface area (Å²) < 4.78 is 69.6. The predicted octanol–water partition coefficient (Wildman–Crippen LogP) is 7.75. The number of aryl methyl sites for hydroxylation is 2. The fraction of sp³-hybridized carbons (Fsp3) is 0.395. The number of halogens is 2. The van der Waals surface area contributed by atoms with Gasteiger partial charge in [0.05, 0.1) is 29.1 Å². The Kier molecular flexibility index (Phi) is 9.00. The van der Waals surface area contributed by atoms with Gasteiger partial charge in [0.1, 0.15) is 17.4 Å². The van der Waals surface area contributed by atoms with E-state index in [2.05, 4.69) is 15.2 Å². The number of nitrogens with one attached hydrogen (secondary N) is 2. The average molecular weight is 703 g/mol. The Labute approximate surface area is 289 Å². The van der Waals surface area contributed by atoms with Crippen LogP contribution in [0.4, 0.5) is 8.78 Å². The summed E-state index contributed by atoms with van der Waals surface area (Å²) in [5.41, 5.74) is 1.91. The van der Waals surface area contributed by atoms with Gasteiger partial charge in [-0.3, -0.25) is 9.89 Å². The van der Waals surface area contributed by atoms with Crippen molar-refractivity contribution in [3.63, 3.8) is 0 Å². The number of ether oxygens (including phenoxy) is 2. The van der Waals surface area contributed by atoms with Crippen molar-refractivity contribution < 1.29 is 31.5 Å². The van der Waals surface area contributed by atoms with Crippen molar-refractivity contribution in [3.8, 4) is 22.9 Å². The number of H-pyrrole nitrogens is 2. The Hall–Kier alpha value is -4.58. The summed E-state index contributed by atoms with van der Waals surface area (Å²) in [7, 11) is -3.52. The van der Waals surface area contributed by atoms with Crippen LogP contribution in [0, 0.1) is 17.0 Å². The number of sulfone groups is 1. The van der Waals surface area contributed by atoms with Crippen molar-refractivity contribution in [2.75, 3.05) is 18.1 Å². The maximum atomic E-state index is 15.6. The molecule has 2 aliphatic rings. The van der Waals surface area contributed by atoms with Gasteiger partial charge in [0.15, 0.2) is 27.2 Å². The second kappa shape index (κ2) is 13.3. The highest BCUT2D eigenvalue weighted by Gasteiger charge is 2.46. The number of fused-ring (bicyclic) bond motifs is 8. The van der Waals surface area contributed by atoms with Gasteiger partial charge in [-0.1, -0.05) is 30.7 Å². The van der Waals surface area contributed by atoms with Crippen molar-refractivity contribution in [1.82, 2.24) is 20.2 Å². The van der Waals surface area contributed by atoms with Crippen molar-refractivity contribution in [3.05, 3.63) is 94.9 Å². The third kappa shape index (κ3) is 6.90. The quantitative estimate of drug-likeness (QED) is 0.179. The third-order valence-electron chi connectivity index (χ3n) is 10.3. The van der Waals surface area contributed by atoms with E-state index >= 15 is 8.78 Å². The molecule has 50 heavy (non-hydrogen) atoms. The van der Waals surface area contributed by atoms with E-state index < -0.39 is 26.9 Å². The van der Waals surface area contributed by atoms with Gasteiger partial charge in [-0.2, -0.15) is 5.10 Å². The van der Waals surface area contributed by atoms with E-state index in [9.17, 15) is 13.2 Å². The van der Waals surface area contributed by atoms with Gasteiger partial charge in [0.2, 0.25) is 0 Å². The summed E-state index contributed by atoms with van der Waals surface area (Å²) in [6, 6.07) is 15.1. The molecule has 0 radical (unpaired) electrons. The Bertz CT molecular complexity index is 2170. The standard InChI is InChI=1S/C38H40F2N4O5S/c1-3-48-33(45)11-8-24-6-4-7-25(20-24)37(2)14-5-15-38(16-17-38)23-50(46,47)19-13-28-27-12-18-41-32(27)22-31(40)34(28)49-26-9-10-30(39)29(21-26)35-42-36(37)44-43-35/h4,6-7,9-10,12,18,20-22,41H,3,5,8,11,13-17,19,23H2,1-2H3,(H,42,43,44). The first-order valence-electron chi connectivity index (χ1n) is 17.1. The van der Waals surface area contributed by atoms with Crippen molar-refractivity contribution >= 4 is 26.7 Å². The molecule has 1 spiro atoms. The van der Waals surface area contributed by atoms with Crippen LogP contribution in [0.1, 0.15) is 74.9 Å². The number of hydrogen-bond donors (Lipinski definition) is 2. The van der Waals surface area contributed by atoms with Gasteiger partial charge in [0.25, 0.3) is 0 Å². The minimum absolute atomic E-state index is 0.0583. The van der Waals surface area contributed by atoms with Gasteiger partial charge >= 0.3 is 5.97 Å². The Morgan fingerprint density at radius 1 is 1.04 bits per heavy atom. The van der Waals surface area contributed by atoms with Crippen LogP contribution in [0.3, 0.4) is 0 Å². The molecule has 0 saturated heterocycles. The number of carbonyl (C=O) groups excluding carboxylic acids is 1. The number of aromatic amines is 2. The zero-order valence-electron chi connectivity index (χ0n) is 28.2. The van der Waals surface area contributed by atoms with E-state index in [0.717, 1.165) is 24.0 Å². The number of carbonyl (C=O) groups is 1. The average Bonchev–Trinajstić information content (AvgIpc) is 3.42. The van der Waals surface area contributed by atoms with E-state index in [-0.39, 0.29) is 58.6 Å². The van der Waals surface area contributed by atoms with E-state index in [1.165, 1.54) is 24.3 Å². The lowest BCUT2D eigenvalue weighted by molar-refractivity contribution is -0.143. The fourth-order valence-electron chi connectivity index (χ4n) is 7.27. The van der Waals surface area contributed by atoms with Crippen LogP contribution in [0.5, 0.6) is 11.5 Å². The topological polar surface area (TPSA) is 127 Å². The SMILES string of the molecule is CCOC(=O)CCc1cccc(C2(C)CCCC3(CC3)CS(=O)(=O)CCc3c(c(F)cc4[nH]ccc34)Oc3ccc(F)c(c3)-c3n[nH]c2n3)c1. The highest BCUT2D eigenvalue weighted by molar-refractivity contribution is 7.91. The molecule has 5 aromatic rings. The molecule has 3 aromatic carbocycles. The van der Waals surface area contributed by atoms with Crippen LogP contribution in [0.2, 0.25) is 0 Å². The number of esters is 1. The summed E-state index contributed by atoms with van der Waals surface area (Å²) in [4.78, 5) is 19.9. The first-order chi connectivity index (χ1) is 24.0. The number of aromatic nitrogens is 4. The molecule has 9 nitrogen and oxygen atoms in total. The minimum atomic E-state index is -3.52. The lowest BCUT2D eigenvalue weighted by Crippen LogP contribution is -2.27. The fourth-order valence-corrected chi connectivity index (χ4v) is 9.30. The molecule has 2 N–H and O–H groups in total. The van der Waals surface area contributed by atoms with Crippen LogP contribution in [-0.4, -0.2) is 52.7 Å². The normalized spacial score (nSPS) is 20.0. The Balaban J connectivity index is 1.30. The molecule has 1 unspecified atom stereocenters. The molecule has 262 valence electrons. The molecule has 4 bridgehead atoms. The molecular formula is C38H40F2N4O5S.